The molecule has 6 heteroatoms. The number of nitrogens with zero attached hydrogens (tertiary/aromatic N) is 2. The smallest absolute Gasteiger partial charge is 0.251 e. The van der Waals surface area contributed by atoms with E-state index in [1.807, 2.05) is 48.2 Å². The summed E-state index contributed by atoms with van der Waals surface area (Å²) >= 11 is 0. The van der Waals surface area contributed by atoms with E-state index < -0.39 is 0 Å². The minimum atomic E-state index is -0.0860. The lowest BCUT2D eigenvalue weighted by Crippen LogP contribution is -2.42. The maximum Gasteiger partial charge on any atom is 0.251 e. The van der Waals surface area contributed by atoms with Gasteiger partial charge in [0.1, 0.15) is 0 Å². The number of benzene rings is 1. The third-order valence-electron chi connectivity index (χ3n) is 5.11. The molecule has 2 atom stereocenters. The molecule has 136 valence electrons. The second-order valence-electron chi connectivity index (χ2n) is 7.25. The van der Waals surface area contributed by atoms with E-state index in [0.717, 1.165) is 44.6 Å². The van der Waals surface area contributed by atoms with E-state index in [2.05, 4.69) is 10.6 Å². The molecular formula is C19H28N4O2. The van der Waals surface area contributed by atoms with Crippen LogP contribution in [0.15, 0.2) is 24.3 Å². The van der Waals surface area contributed by atoms with Crippen LogP contribution in [0.3, 0.4) is 0 Å². The third kappa shape index (κ3) is 4.31. The van der Waals surface area contributed by atoms with Crippen molar-refractivity contribution >= 4 is 17.5 Å². The molecule has 1 aromatic rings. The second kappa shape index (κ2) is 7.87. The van der Waals surface area contributed by atoms with E-state index >= 15 is 0 Å². The average Bonchev–Trinajstić information content (AvgIpc) is 3.31. The van der Waals surface area contributed by atoms with Crippen LogP contribution in [-0.4, -0.2) is 63.0 Å². The largest absolute Gasteiger partial charge is 0.378 e. The highest BCUT2D eigenvalue weighted by Crippen LogP contribution is 2.18. The fourth-order valence-corrected chi connectivity index (χ4v) is 3.57. The number of anilines is 1. The molecule has 0 saturated carbocycles. The number of likely N-dealkylation sites (tertiary alicyclic amines) is 1. The van der Waals surface area contributed by atoms with Crippen molar-refractivity contribution < 1.29 is 9.59 Å². The molecule has 2 saturated heterocycles. The highest BCUT2D eigenvalue weighted by atomic mass is 16.2. The summed E-state index contributed by atoms with van der Waals surface area (Å²) in [6.07, 6.45) is 3.03. The third-order valence-corrected chi connectivity index (χ3v) is 5.11. The summed E-state index contributed by atoms with van der Waals surface area (Å²) in [5.74, 6) is 0.473. The van der Waals surface area contributed by atoms with Gasteiger partial charge >= 0.3 is 0 Å². The van der Waals surface area contributed by atoms with E-state index in [1.54, 1.807) is 0 Å². The number of rotatable bonds is 5. The number of amides is 2. The van der Waals surface area contributed by atoms with Crippen LogP contribution < -0.4 is 15.5 Å². The highest BCUT2D eigenvalue weighted by Gasteiger charge is 2.33. The van der Waals surface area contributed by atoms with Crippen LogP contribution in [0.4, 0.5) is 5.69 Å². The van der Waals surface area contributed by atoms with Crippen molar-refractivity contribution in [2.45, 2.75) is 25.3 Å². The van der Waals surface area contributed by atoms with Gasteiger partial charge < -0.3 is 20.4 Å². The molecule has 6 nitrogen and oxygen atoms in total. The Kier molecular flexibility index (Phi) is 5.58. The zero-order valence-electron chi connectivity index (χ0n) is 15.1. The zero-order chi connectivity index (χ0) is 17.8. The predicted octanol–water partition coefficient (Wildman–Crippen LogP) is 1.08. The van der Waals surface area contributed by atoms with Crippen LogP contribution in [0.25, 0.3) is 0 Å². The van der Waals surface area contributed by atoms with Crippen molar-refractivity contribution in [1.29, 1.82) is 0 Å². The van der Waals surface area contributed by atoms with E-state index in [1.165, 1.54) is 0 Å². The van der Waals surface area contributed by atoms with Crippen molar-refractivity contribution in [2.24, 2.45) is 5.92 Å². The SMILES string of the molecule is CN(C)c1cccc(C(=O)NCC2CNC(C(=O)N3CCCC3)C2)c1. The molecule has 0 aliphatic carbocycles. The summed E-state index contributed by atoms with van der Waals surface area (Å²) in [6.45, 7) is 3.16. The van der Waals surface area contributed by atoms with Gasteiger partial charge in [-0.15, -0.1) is 0 Å². The summed E-state index contributed by atoms with van der Waals surface area (Å²) < 4.78 is 0. The fourth-order valence-electron chi connectivity index (χ4n) is 3.57. The minimum Gasteiger partial charge on any atom is -0.378 e. The van der Waals surface area contributed by atoms with Crippen LogP contribution in [0.2, 0.25) is 0 Å². The summed E-state index contributed by atoms with van der Waals surface area (Å²) in [5, 5.41) is 6.34. The Bertz CT molecular complexity index is 626. The summed E-state index contributed by atoms with van der Waals surface area (Å²) in [6, 6.07) is 7.51. The van der Waals surface area contributed by atoms with Crippen molar-refractivity contribution in [1.82, 2.24) is 15.5 Å². The molecule has 2 unspecified atom stereocenters. The Morgan fingerprint density at radius 2 is 2.04 bits per heavy atom. The van der Waals surface area contributed by atoms with Crippen LogP contribution >= 0.6 is 0 Å². The van der Waals surface area contributed by atoms with Gasteiger partial charge in [-0.05, 0) is 43.4 Å². The Balaban J connectivity index is 1.48. The lowest BCUT2D eigenvalue weighted by Gasteiger charge is -2.20. The van der Waals surface area contributed by atoms with Crippen LogP contribution in [-0.2, 0) is 4.79 Å². The molecule has 2 heterocycles. The van der Waals surface area contributed by atoms with Crippen LogP contribution in [0, 0.1) is 5.92 Å². The lowest BCUT2D eigenvalue weighted by molar-refractivity contribution is -0.132. The van der Waals surface area contributed by atoms with E-state index in [4.69, 9.17) is 0 Å². The average molecular weight is 344 g/mol. The molecule has 2 amide bonds. The predicted molar refractivity (Wildman–Crippen MR) is 98.8 cm³/mol. The topological polar surface area (TPSA) is 64.7 Å². The van der Waals surface area contributed by atoms with E-state index in [0.29, 0.717) is 18.0 Å². The zero-order valence-corrected chi connectivity index (χ0v) is 15.1. The second-order valence-corrected chi connectivity index (χ2v) is 7.25. The molecule has 0 bridgehead atoms. The Morgan fingerprint density at radius 1 is 1.28 bits per heavy atom. The molecule has 2 fully saturated rings. The quantitative estimate of drug-likeness (QED) is 0.839. The van der Waals surface area contributed by atoms with Crippen molar-refractivity contribution in [3.8, 4) is 0 Å². The van der Waals surface area contributed by atoms with E-state index in [-0.39, 0.29) is 17.9 Å². The van der Waals surface area contributed by atoms with Gasteiger partial charge in [-0.1, -0.05) is 6.07 Å². The van der Waals surface area contributed by atoms with Crippen LogP contribution in [0.5, 0.6) is 0 Å². The lowest BCUT2D eigenvalue weighted by atomic mass is 10.0. The number of hydrogen-bond donors (Lipinski definition) is 2. The van der Waals surface area contributed by atoms with Crippen molar-refractivity contribution in [3.05, 3.63) is 29.8 Å². The monoisotopic (exact) mass is 344 g/mol. The molecule has 3 rings (SSSR count). The first-order valence-electron chi connectivity index (χ1n) is 9.12. The normalized spacial score (nSPS) is 22.9. The number of nitrogens with one attached hydrogen (secondary N) is 2. The maximum atomic E-state index is 12.4. The highest BCUT2D eigenvalue weighted by molar-refractivity contribution is 5.95. The molecule has 0 spiro atoms. The van der Waals surface area contributed by atoms with Gasteiger partial charge in [-0.3, -0.25) is 9.59 Å². The molecule has 0 aromatic heterocycles. The van der Waals surface area contributed by atoms with Gasteiger partial charge in [0.15, 0.2) is 0 Å². The molecule has 2 aliphatic rings. The standard InChI is InChI=1S/C19H28N4O2/c1-22(2)16-7-5-6-15(11-16)18(24)21-13-14-10-17(20-12-14)19(25)23-8-3-4-9-23/h5-7,11,14,17,20H,3-4,8-10,12-13H2,1-2H3,(H,21,24). The van der Waals surface area contributed by atoms with Gasteiger partial charge in [-0.2, -0.15) is 0 Å². The Hall–Kier alpha value is -2.08. The minimum absolute atomic E-state index is 0.0574. The van der Waals surface area contributed by atoms with Crippen molar-refractivity contribution in [3.63, 3.8) is 0 Å². The first-order valence-corrected chi connectivity index (χ1v) is 9.12. The van der Waals surface area contributed by atoms with Crippen molar-refractivity contribution in [2.75, 3.05) is 45.2 Å². The molecule has 2 aliphatic heterocycles. The number of hydrogen-bond acceptors (Lipinski definition) is 4. The Labute approximate surface area is 149 Å². The molecule has 1 aromatic carbocycles. The van der Waals surface area contributed by atoms with E-state index in [9.17, 15) is 9.59 Å². The van der Waals surface area contributed by atoms with Gasteiger partial charge in [-0.25, -0.2) is 0 Å². The molecule has 2 N–H and O–H groups in total. The first-order chi connectivity index (χ1) is 12.0. The molecule has 25 heavy (non-hydrogen) atoms. The maximum absolute atomic E-state index is 12.4. The van der Waals surface area contributed by atoms with Gasteiger partial charge in [0.25, 0.3) is 5.91 Å². The van der Waals surface area contributed by atoms with Crippen LogP contribution in [0.1, 0.15) is 29.6 Å². The van der Waals surface area contributed by atoms with Gasteiger partial charge in [0.05, 0.1) is 6.04 Å². The van der Waals surface area contributed by atoms with Gasteiger partial charge in [0.2, 0.25) is 5.91 Å². The van der Waals surface area contributed by atoms with Gasteiger partial charge in [0, 0.05) is 51.5 Å². The molecule has 0 radical (unpaired) electrons. The Morgan fingerprint density at radius 3 is 2.76 bits per heavy atom. The first kappa shape index (κ1) is 17.7. The molecular weight excluding hydrogens is 316 g/mol. The fraction of sp³-hybridized carbons (Fsp3) is 0.579. The number of carbonyl (C=O) groups excluding carboxylic acids is 2. The summed E-state index contributed by atoms with van der Waals surface area (Å²) in [7, 11) is 3.91. The summed E-state index contributed by atoms with van der Waals surface area (Å²) in [5.41, 5.74) is 1.67. The summed E-state index contributed by atoms with van der Waals surface area (Å²) in [4.78, 5) is 28.7. The number of carbonyl (C=O) groups is 2.